The Hall–Kier alpha value is -1.18. The van der Waals surface area contributed by atoms with Crippen molar-refractivity contribution in [2.24, 2.45) is 5.92 Å². The quantitative estimate of drug-likeness (QED) is 0.732. The Kier molecular flexibility index (Phi) is 3.81. The van der Waals surface area contributed by atoms with Gasteiger partial charge in [-0.25, -0.2) is 0 Å². The minimum Gasteiger partial charge on any atom is -0.300 e. The average molecular weight is 191 g/mol. The Labute approximate surface area is 85.4 Å². The van der Waals surface area contributed by atoms with Crippen molar-refractivity contribution in [3.05, 3.63) is 30.1 Å². The highest BCUT2D eigenvalue weighted by atomic mass is 16.1. The van der Waals surface area contributed by atoms with Gasteiger partial charge in [0.2, 0.25) is 0 Å². The SMILES string of the molecule is CC(=O)CC(c1cccnc1)C(C)C. The summed E-state index contributed by atoms with van der Waals surface area (Å²) in [5, 5.41) is 0. The molecule has 0 aromatic carbocycles. The molecule has 0 bridgehead atoms. The van der Waals surface area contributed by atoms with Crippen LogP contribution in [0.15, 0.2) is 24.5 Å². The van der Waals surface area contributed by atoms with Gasteiger partial charge in [0.05, 0.1) is 0 Å². The minimum atomic E-state index is 0.243. The van der Waals surface area contributed by atoms with Gasteiger partial charge in [-0.2, -0.15) is 0 Å². The number of carbonyl (C=O) groups excluding carboxylic acids is 1. The van der Waals surface area contributed by atoms with Crippen LogP contribution in [0.2, 0.25) is 0 Å². The van der Waals surface area contributed by atoms with E-state index in [0.29, 0.717) is 18.3 Å². The predicted molar refractivity (Wildman–Crippen MR) is 57.1 cm³/mol. The summed E-state index contributed by atoms with van der Waals surface area (Å²) >= 11 is 0. The van der Waals surface area contributed by atoms with E-state index in [1.54, 1.807) is 13.1 Å². The van der Waals surface area contributed by atoms with Crippen LogP contribution in [-0.4, -0.2) is 10.8 Å². The number of hydrogen-bond donors (Lipinski definition) is 0. The summed E-state index contributed by atoms with van der Waals surface area (Å²) in [6.45, 7) is 5.92. The third kappa shape index (κ3) is 2.95. The van der Waals surface area contributed by atoms with Crippen molar-refractivity contribution >= 4 is 5.78 Å². The summed E-state index contributed by atoms with van der Waals surface area (Å²) in [6, 6.07) is 3.96. The zero-order valence-electron chi connectivity index (χ0n) is 9.03. The van der Waals surface area contributed by atoms with Crippen LogP contribution in [-0.2, 0) is 4.79 Å². The van der Waals surface area contributed by atoms with Gasteiger partial charge < -0.3 is 4.79 Å². The van der Waals surface area contributed by atoms with Gasteiger partial charge in [-0.05, 0) is 30.4 Å². The molecule has 2 nitrogen and oxygen atoms in total. The van der Waals surface area contributed by atoms with Gasteiger partial charge in [0.25, 0.3) is 0 Å². The Morgan fingerprint density at radius 3 is 2.64 bits per heavy atom. The smallest absolute Gasteiger partial charge is 0.130 e. The number of carbonyl (C=O) groups is 1. The first-order valence-electron chi connectivity index (χ1n) is 5.00. The molecule has 0 saturated carbocycles. The van der Waals surface area contributed by atoms with Crippen LogP contribution in [0, 0.1) is 5.92 Å². The van der Waals surface area contributed by atoms with Crippen LogP contribution >= 0.6 is 0 Å². The lowest BCUT2D eigenvalue weighted by atomic mass is 9.85. The summed E-state index contributed by atoms with van der Waals surface area (Å²) in [7, 11) is 0. The van der Waals surface area contributed by atoms with Crippen molar-refractivity contribution in [1.82, 2.24) is 4.98 Å². The van der Waals surface area contributed by atoms with E-state index in [2.05, 4.69) is 18.8 Å². The van der Waals surface area contributed by atoms with Crippen molar-refractivity contribution in [2.45, 2.75) is 33.1 Å². The Morgan fingerprint density at radius 1 is 1.50 bits per heavy atom. The Balaban J connectivity index is 2.83. The zero-order chi connectivity index (χ0) is 10.6. The van der Waals surface area contributed by atoms with Gasteiger partial charge in [0, 0.05) is 18.8 Å². The van der Waals surface area contributed by atoms with E-state index >= 15 is 0 Å². The second-order valence-corrected chi connectivity index (χ2v) is 4.04. The first kappa shape index (κ1) is 10.9. The fourth-order valence-electron chi connectivity index (χ4n) is 1.64. The third-order valence-corrected chi connectivity index (χ3v) is 2.42. The lowest BCUT2D eigenvalue weighted by molar-refractivity contribution is -0.117. The van der Waals surface area contributed by atoms with Crippen LogP contribution in [0.3, 0.4) is 0 Å². The van der Waals surface area contributed by atoms with Gasteiger partial charge >= 0.3 is 0 Å². The number of ketones is 1. The van der Waals surface area contributed by atoms with E-state index in [1.807, 2.05) is 18.3 Å². The molecule has 0 amide bonds. The average Bonchev–Trinajstić information content (AvgIpc) is 2.15. The molecule has 0 N–H and O–H groups in total. The largest absolute Gasteiger partial charge is 0.300 e. The first-order valence-corrected chi connectivity index (χ1v) is 5.00. The van der Waals surface area contributed by atoms with Gasteiger partial charge in [-0.3, -0.25) is 4.98 Å². The van der Waals surface area contributed by atoms with Crippen molar-refractivity contribution in [3.8, 4) is 0 Å². The van der Waals surface area contributed by atoms with Crippen LogP contribution in [0.4, 0.5) is 0 Å². The van der Waals surface area contributed by atoms with E-state index in [0.717, 1.165) is 5.56 Å². The normalized spacial score (nSPS) is 12.9. The third-order valence-electron chi connectivity index (χ3n) is 2.42. The highest BCUT2D eigenvalue weighted by Gasteiger charge is 2.17. The number of pyridine rings is 1. The molecule has 1 unspecified atom stereocenters. The summed E-state index contributed by atoms with van der Waals surface area (Å²) in [4.78, 5) is 15.2. The molecule has 0 fully saturated rings. The van der Waals surface area contributed by atoms with Crippen molar-refractivity contribution < 1.29 is 4.79 Å². The van der Waals surface area contributed by atoms with Crippen LogP contribution in [0.25, 0.3) is 0 Å². The Bertz CT molecular complexity index is 292. The maximum absolute atomic E-state index is 11.1. The van der Waals surface area contributed by atoms with Gasteiger partial charge in [-0.1, -0.05) is 19.9 Å². The molecule has 1 aromatic rings. The monoisotopic (exact) mass is 191 g/mol. The lowest BCUT2D eigenvalue weighted by Gasteiger charge is -2.19. The predicted octanol–water partition coefficient (Wildman–Crippen LogP) is 2.80. The van der Waals surface area contributed by atoms with Gasteiger partial charge in [-0.15, -0.1) is 0 Å². The summed E-state index contributed by atoms with van der Waals surface area (Å²) < 4.78 is 0. The molecule has 2 heteroatoms. The van der Waals surface area contributed by atoms with E-state index in [9.17, 15) is 4.79 Å². The standard InChI is InChI=1S/C12H17NO/c1-9(2)12(7-10(3)14)11-5-4-6-13-8-11/h4-6,8-9,12H,7H2,1-3H3. The van der Waals surface area contributed by atoms with Crippen LogP contribution < -0.4 is 0 Å². The number of Topliss-reactive ketones (excluding diaryl/α,β-unsaturated/α-hetero) is 1. The van der Waals surface area contributed by atoms with Crippen LogP contribution in [0.5, 0.6) is 0 Å². The highest BCUT2D eigenvalue weighted by Crippen LogP contribution is 2.27. The molecule has 1 aromatic heterocycles. The fraction of sp³-hybridized carbons (Fsp3) is 0.500. The van der Waals surface area contributed by atoms with E-state index in [-0.39, 0.29) is 5.78 Å². The van der Waals surface area contributed by atoms with Crippen molar-refractivity contribution in [2.75, 3.05) is 0 Å². The second-order valence-electron chi connectivity index (χ2n) is 4.04. The molecular weight excluding hydrogens is 174 g/mol. The molecule has 14 heavy (non-hydrogen) atoms. The Morgan fingerprint density at radius 2 is 2.21 bits per heavy atom. The first-order chi connectivity index (χ1) is 6.61. The molecule has 0 aliphatic carbocycles. The molecule has 0 aliphatic rings. The molecule has 76 valence electrons. The topological polar surface area (TPSA) is 30.0 Å². The fourth-order valence-corrected chi connectivity index (χ4v) is 1.64. The number of aromatic nitrogens is 1. The number of hydrogen-bond acceptors (Lipinski definition) is 2. The molecule has 0 spiro atoms. The molecule has 0 saturated heterocycles. The lowest BCUT2D eigenvalue weighted by Crippen LogP contribution is -2.10. The number of nitrogens with zero attached hydrogens (tertiary/aromatic N) is 1. The molecule has 1 atom stereocenters. The second kappa shape index (κ2) is 4.89. The van der Waals surface area contributed by atoms with E-state index in [1.165, 1.54) is 0 Å². The van der Waals surface area contributed by atoms with E-state index in [4.69, 9.17) is 0 Å². The van der Waals surface area contributed by atoms with E-state index < -0.39 is 0 Å². The van der Waals surface area contributed by atoms with Crippen molar-refractivity contribution in [1.29, 1.82) is 0 Å². The van der Waals surface area contributed by atoms with Crippen LogP contribution in [0.1, 0.15) is 38.7 Å². The minimum absolute atomic E-state index is 0.243. The molecule has 1 rings (SSSR count). The summed E-state index contributed by atoms with van der Waals surface area (Å²) in [5.74, 6) is 1.02. The summed E-state index contributed by atoms with van der Waals surface area (Å²) in [5.41, 5.74) is 1.16. The zero-order valence-corrected chi connectivity index (χ0v) is 9.03. The molecule has 1 heterocycles. The molecule has 0 aliphatic heterocycles. The van der Waals surface area contributed by atoms with Gasteiger partial charge in [0.1, 0.15) is 5.78 Å². The van der Waals surface area contributed by atoms with Crippen molar-refractivity contribution in [3.63, 3.8) is 0 Å². The molecule has 0 radical (unpaired) electrons. The number of rotatable bonds is 4. The maximum atomic E-state index is 11.1. The highest BCUT2D eigenvalue weighted by molar-refractivity contribution is 5.76. The summed E-state index contributed by atoms with van der Waals surface area (Å²) in [6.07, 6.45) is 4.23. The molecular formula is C12H17NO. The maximum Gasteiger partial charge on any atom is 0.130 e. The van der Waals surface area contributed by atoms with Gasteiger partial charge in [0.15, 0.2) is 0 Å².